The van der Waals surface area contributed by atoms with Crippen LogP contribution in [0.15, 0.2) is 5.38 Å². The molecule has 0 bridgehead atoms. The molecule has 1 aliphatic heterocycles. The molecule has 1 fully saturated rings. The number of carbonyl (C=O) groups excluding carboxylic acids is 1. The highest BCUT2D eigenvalue weighted by molar-refractivity contribution is 7.99. The number of hydrogen-bond donors (Lipinski definition) is 0. The predicted molar refractivity (Wildman–Crippen MR) is 90.9 cm³/mol. The van der Waals surface area contributed by atoms with Crippen LogP contribution in [0, 0.1) is 0 Å². The van der Waals surface area contributed by atoms with E-state index in [9.17, 15) is 4.79 Å². The summed E-state index contributed by atoms with van der Waals surface area (Å²) in [4.78, 5) is 21.4. The Morgan fingerprint density at radius 3 is 2.90 bits per heavy atom. The minimum Gasteiger partial charge on any atom is -0.340 e. The highest BCUT2D eigenvalue weighted by Gasteiger charge is 2.23. The Morgan fingerprint density at radius 1 is 1.43 bits per heavy atom. The summed E-state index contributed by atoms with van der Waals surface area (Å²) in [5.74, 6) is 0.284. The number of aromatic nitrogens is 1. The summed E-state index contributed by atoms with van der Waals surface area (Å²) in [6, 6.07) is 0. The number of aryl methyl sites for hydroxylation is 1. The molecule has 118 valence electrons. The number of nitrogens with zero attached hydrogens (tertiary/aromatic N) is 3. The highest BCUT2D eigenvalue weighted by atomic mass is 32.2. The quantitative estimate of drug-likeness (QED) is 0.832. The van der Waals surface area contributed by atoms with Gasteiger partial charge in [-0.15, -0.1) is 11.3 Å². The molecule has 0 aliphatic carbocycles. The van der Waals surface area contributed by atoms with Gasteiger partial charge in [0.2, 0.25) is 5.91 Å². The molecule has 1 aromatic rings. The van der Waals surface area contributed by atoms with E-state index in [4.69, 9.17) is 0 Å². The van der Waals surface area contributed by atoms with Gasteiger partial charge in [-0.05, 0) is 26.0 Å². The molecule has 21 heavy (non-hydrogen) atoms. The standard InChI is InChI=1S/C15H25N3OS2/c1-4-14-16-13(11-21-14)10-17-6-5-7-18(9-8-17)15(19)12(2)20-3/h11-12H,4-10H2,1-3H3/t12-/m0/s1. The van der Waals surface area contributed by atoms with E-state index < -0.39 is 0 Å². The van der Waals surface area contributed by atoms with Gasteiger partial charge in [0.1, 0.15) is 0 Å². The van der Waals surface area contributed by atoms with Crippen molar-refractivity contribution in [1.29, 1.82) is 0 Å². The summed E-state index contributed by atoms with van der Waals surface area (Å²) in [7, 11) is 0. The summed E-state index contributed by atoms with van der Waals surface area (Å²) in [5.41, 5.74) is 1.18. The van der Waals surface area contributed by atoms with Gasteiger partial charge < -0.3 is 4.90 Å². The van der Waals surface area contributed by atoms with E-state index in [0.29, 0.717) is 0 Å². The van der Waals surface area contributed by atoms with Crippen LogP contribution in [0.5, 0.6) is 0 Å². The van der Waals surface area contributed by atoms with Crippen LogP contribution in [0.2, 0.25) is 0 Å². The molecule has 1 saturated heterocycles. The second kappa shape index (κ2) is 8.15. The molecule has 1 amide bonds. The molecule has 0 spiro atoms. The number of thiazole rings is 1. The largest absolute Gasteiger partial charge is 0.340 e. The minimum absolute atomic E-state index is 0.0715. The molecule has 0 aromatic carbocycles. The molecule has 0 radical (unpaired) electrons. The molecule has 2 heterocycles. The lowest BCUT2D eigenvalue weighted by molar-refractivity contribution is -0.130. The maximum absolute atomic E-state index is 12.3. The fourth-order valence-corrected chi connectivity index (χ4v) is 3.61. The minimum atomic E-state index is 0.0715. The summed E-state index contributed by atoms with van der Waals surface area (Å²) in [5, 5.41) is 3.45. The van der Waals surface area contributed by atoms with Gasteiger partial charge in [-0.25, -0.2) is 4.98 Å². The van der Waals surface area contributed by atoms with Gasteiger partial charge in [0.05, 0.1) is 16.0 Å². The van der Waals surface area contributed by atoms with Crippen LogP contribution in [0.3, 0.4) is 0 Å². The van der Waals surface area contributed by atoms with Crippen LogP contribution < -0.4 is 0 Å². The molecule has 1 aromatic heterocycles. The van der Waals surface area contributed by atoms with Crippen LogP contribution in [0.1, 0.15) is 31.0 Å². The van der Waals surface area contributed by atoms with Crippen molar-refractivity contribution in [3.63, 3.8) is 0 Å². The first-order valence-electron chi connectivity index (χ1n) is 7.61. The van der Waals surface area contributed by atoms with E-state index in [1.165, 1.54) is 10.7 Å². The summed E-state index contributed by atoms with van der Waals surface area (Å²) in [6.45, 7) is 8.78. The number of rotatable bonds is 5. The zero-order chi connectivity index (χ0) is 15.2. The SMILES string of the molecule is CCc1nc(CN2CCCN(C(=O)[C@H](C)SC)CC2)cs1. The Labute approximate surface area is 135 Å². The summed E-state index contributed by atoms with van der Waals surface area (Å²) in [6.07, 6.45) is 4.07. The summed E-state index contributed by atoms with van der Waals surface area (Å²) >= 11 is 3.38. The van der Waals surface area contributed by atoms with Gasteiger partial charge in [-0.2, -0.15) is 11.8 Å². The third-order valence-electron chi connectivity index (χ3n) is 3.89. The molecule has 4 nitrogen and oxygen atoms in total. The van der Waals surface area contributed by atoms with E-state index in [-0.39, 0.29) is 11.2 Å². The molecule has 6 heteroatoms. The molecular weight excluding hydrogens is 302 g/mol. The topological polar surface area (TPSA) is 36.4 Å². The van der Waals surface area contributed by atoms with Crippen molar-refractivity contribution in [2.45, 2.75) is 38.5 Å². The third-order valence-corrected chi connectivity index (χ3v) is 5.84. The fourth-order valence-electron chi connectivity index (χ4n) is 2.52. The van der Waals surface area contributed by atoms with Crippen molar-refractivity contribution in [2.24, 2.45) is 0 Å². The Bertz CT molecular complexity index is 464. The third kappa shape index (κ3) is 4.69. The molecular formula is C15H25N3OS2. The summed E-state index contributed by atoms with van der Waals surface area (Å²) < 4.78 is 0. The van der Waals surface area contributed by atoms with Gasteiger partial charge in [0.25, 0.3) is 0 Å². The maximum atomic E-state index is 12.3. The van der Waals surface area contributed by atoms with E-state index >= 15 is 0 Å². The number of amides is 1. The van der Waals surface area contributed by atoms with Crippen molar-refractivity contribution >= 4 is 29.0 Å². The number of thioether (sulfide) groups is 1. The van der Waals surface area contributed by atoms with Crippen LogP contribution in [-0.4, -0.2) is 58.4 Å². The first-order valence-corrected chi connectivity index (χ1v) is 9.78. The second-order valence-electron chi connectivity index (χ2n) is 5.42. The normalized spacial score (nSPS) is 18.5. The molecule has 1 atom stereocenters. The lowest BCUT2D eigenvalue weighted by Gasteiger charge is -2.23. The van der Waals surface area contributed by atoms with Crippen molar-refractivity contribution in [3.05, 3.63) is 16.1 Å². The average Bonchev–Trinajstić information content (AvgIpc) is 2.83. The van der Waals surface area contributed by atoms with Crippen LogP contribution in [-0.2, 0) is 17.8 Å². The molecule has 0 saturated carbocycles. The Morgan fingerprint density at radius 2 is 2.24 bits per heavy atom. The van der Waals surface area contributed by atoms with Crippen molar-refractivity contribution in [2.75, 3.05) is 32.4 Å². The van der Waals surface area contributed by atoms with Gasteiger partial charge in [0.15, 0.2) is 0 Å². The van der Waals surface area contributed by atoms with E-state index in [1.54, 1.807) is 23.1 Å². The zero-order valence-electron chi connectivity index (χ0n) is 13.2. The van der Waals surface area contributed by atoms with E-state index in [0.717, 1.165) is 45.6 Å². The van der Waals surface area contributed by atoms with Gasteiger partial charge >= 0.3 is 0 Å². The lowest BCUT2D eigenvalue weighted by Crippen LogP contribution is -2.39. The van der Waals surface area contributed by atoms with Crippen LogP contribution in [0.4, 0.5) is 0 Å². The van der Waals surface area contributed by atoms with Crippen LogP contribution in [0.25, 0.3) is 0 Å². The Balaban J connectivity index is 1.87. The second-order valence-corrected chi connectivity index (χ2v) is 7.54. The monoisotopic (exact) mass is 327 g/mol. The highest BCUT2D eigenvalue weighted by Crippen LogP contribution is 2.15. The smallest absolute Gasteiger partial charge is 0.235 e. The molecule has 2 rings (SSSR count). The lowest BCUT2D eigenvalue weighted by atomic mass is 10.3. The van der Waals surface area contributed by atoms with Crippen molar-refractivity contribution < 1.29 is 4.79 Å². The van der Waals surface area contributed by atoms with Crippen molar-refractivity contribution in [1.82, 2.24) is 14.8 Å². The first-order chi connectivity index (χ1) is 10.1. The molecule has 0 unspecified atom stereocenters. The van der Waals surface area contributed by atoms with Crippen LogP contribution >= 0.6 is 23.1 Å². The van der Waals surface area contributed by atoms with E-state index in [2.05, 4.69) is 22.2 Å². The Hall–Kier alpha value is -0.590. The number of carbonyl (C=O) groups is 1. The van der Waals surface area contributed by atoms with Gasteiger partial charge in [0, 0.05) is 38.1 Å². The van der Waals surface area contributed by atoms with E-state index in [1.807, 2.05) is 18.1 Å². The zero-order valence-corrected chi connectivity index (χ0v) is 14.8. The fraction of sp³-hybridized carbons (Fsp3) is 0.733. The molecule has 0 N–H and O–H groups in total. The maximum Gasteiger partial charge on any atom is 0.235 e. The molecule has 1 aliphatic rings. The Kier molecular flexibility index (Phi) is 6.51. The predicted octanol–water partition coefficient (Wildman–Crippen LogP) is 2.49. The van der Waals surface area contributed by atoms with Crippen molar-refractivity contribution in [3.8, 4) is 0 Å². The van der Waals surface area contributed by atoms with Gasteiger partial charge in [-0.3, -0.25) is 9.69 Å². The first kappa shape index (κ1) is 16.8. The average molecular weight is 328 g/mol. The van der Waals surface area contributed by atoms with Gasteiger partial charge in [-0.1, -0.05) is 6.92 Å². The number of hydrogen-bond acceptors (Lipinski definition) is 5.